The summed E-state index contributed by atoms with van der Waals surface area (Å²) in [5.74, 6) is -0.582. The lowest BCUT2D eigenvalue weighted by Crippen LogP contribution is -2.07. The molecule has 3 aromatic rings. The monoisotopic (exact) mass is 413 g/mol. The van der Waals surface area contributed by atoms with Gasteiger partial charge in [-0.05, 0) is 23.8 Å². The maximum absolute atomic E-state index is 13.9. The Morgan fingerprint density at radius 1 is 1.25 bits per heavy atom. The van der Waals surface area contributed by atoms with Gasteiger partial charge < -0.3 is 15.4 Å². The van der Waals surface area contributed by atoms with E-state index in [0.717, 1.165) is 18.2 Å². The van der Waals surface area contributed by atoms with Gasteiger partial charge in [0.1, 0.15) is 5.83 Å². The van der Waals surface area contributed by atoms with Crippen LogP contribution in [-0.4, -0.2) is 21.2 Å². The average Bonchev–Trinajstić information content (AvgIpc) is 3.03. The van der Waals surface area contributed by atoms with Gasteiger partial charge in [0, 0.05) is 17.7 Å². The van der Waals surface area contributed by atoms with Crippen LogP contribution >= 0.6 is 11.6 Å². The molecule has 0 saturated heterocycles. The maximum atomic E-state index is 13.9. The molecule has 0 spiro atoms. The number of fused-ring (bicyclic) bond motifs is 1. The molecule has 148 valence electrons. The molecule has 4 nitrogen and oxygen atoms in total. The van der Waals surface area contributed by atoms with E-state index in [0.29, 0.717) is 11.1 Å². The summed E-state index contributed by atoms with van der Waals surface area (Å²) in [6.45, 7) is -0.682. The number of nitrogens with two attached hydrogens (primary N) is 1. The van der Waals surface area contributed by atoms with E-state index in [1.54, 1.807) is 18.2 Å². The van der Waals surface area contributed by atoms with Crippen molar-refractivity contribution in [3.8, 4) is 11.1 Å². The number of hydrogen-bond donors (Lipinski definition) is 2. The zero-order valence-corrected chi connectivity index (χ0v) is 15.2. The minimum atomic E-state index is -4.62. The first-order chi connectivity index (χ1) is 13.3. The predicted octanol–water partition coefficient (Wildman–Crippen LogP) is 4.68. The molecule has 9 heteroatoms. The third kappa shape index (κ3) is 3.89. The normalized spacial score (nSPS) is 12.8. The van der Waals surface area contributed by atoms with E-state index in [1.165, 1.54) is 10.9 Å². The van der Waals surface area contributed by atoms with Crippen LogP contribution in [0.4, 0.5) is 17.6 Å². The molecule has 0 aliphatic heterocycles. The molecule has 2 aromatic carbocycles. The second-order valence-corrected chi connectivity index (χ2v) is 6.46. The third-order valence-corrected chi connectivity index (χ3v) is 4.70. The molecular weight excluding hydrogens is 398 g/mol. The number of nitrogens with zero attached hydrogens (tertiary/aromatic N) is 2. The molecule has 0 amide bonds. The number of alkyl halides is 3. The van der Waals surface area contributed by atoms with E-state index < -0.39 is 17.6 Å². The second kappa shape index (κ2) is 7.90. The molecule has 1 heterocycles. The Balaban J connectivity index is 2.28. The van der Waals surface area contributed by atoms with E-state index in [4.69, 9.17) is 17.3 Å². The lowest BCUT2D eigenvalue weighted by atomic mass is 9.99. The molecule has 0 radical (unpaired) electrons. The van der Waals surface area contributed by atoms with Gasteiger partial charge in [-0.3, -0.25) is 0 Å². The van der Waals surface area contributed by atoms with Crippen molar-refractivity contribution in [1.29, 1.82) is 0 Å². The van der Waals surface area contributed by atoms with Gasteiger partial charge >= 0.3 is 6.18 Å². The quantitative estimate of drug-likeness (QED) is 0.597. The summed E-state index contributed by atoms with van der Waals surface area (Å²) in [5, 5.41) is 9.53. The average molecular weight is 414 g/mol. The van der Waals surface area contributed by atoms with Crippen molar-refractivity contribution >= 4 is 22.6 Å². The van der Waals surface area contributed by atoms with Gasteiger partial charge in [0.05, 0.1) is 41.1 Å². The Labute approximate surface area is 162 Å². The molecule has 1 aromatic heterocycles. The molecule has 0 fully saturated rings. The number of aliphatic hydroxyl groups excluding tert-OH is 1. The Bertz CT molecular complexity index is 1040. The van der Waals surface area contributed by atoms with Gasteiger partial charge in [-0.2, -0.15) is 13.2 Å². The predicted molar refractivity (Wildman–Crippen MR) is 99.3 cm³/mol. The fourth-order valence-corrected chi connectivity index (χ4v) is 3.21. The minimum absolute atomic E-state index is 0.0267. The maximum Gasteiger partial charge on any atom is 0.416 e. The molecule has 0 saturated carbocycles. The lowest BCUT2D eigenvalue weighted by Gasteiger charge is -2.14. The van der Waals surface area contributed by atoms with Crippen molar-refractivity contribution in [3.63, 3.8) is 0 Å². The highest BCUT2D eigenvalue weighted by Gasteiger charge is 2.32. The van der Waals surface area contributed by atoms with Crippen LogP contribution < -0.4 is 5.73 Å². The van der Waals surface area contributed by atoms with E-state index in [2.05, 4.69) is 4.98 Å². The first kappa shape index (κ1) is 20.3. The highest BCUT2D eigenvalue weighted by atomic mass is 35.5. The summed E-state index contributed by atoms with van der Waals surface area (Å²) >= 11 is 6.28. The number of aromatic nitrogens is 2. The standard InChI is InChI=1S/C19H16ClF4N3O/c20-17-11(9-28)2-1-3-14(17)15-6-12(19(22,23)24)7-16-18(15)26-10-27(16)8-13(21)4-5-25/h1-4,6-7,10,28H,5,8-9,25H2. The van der Waals surface area contributed by atoms with Crippen LogP contribution in [0.3, 0.4) is 0 Å². The van der Waals surface area contributed by atoms with Gasteiger partial charge in [0.15, 0.2) is 0 Å². The lowest BCUT2D eigenvalue weighted by molar-refractivity contribution is -0.137. The number of aliphatic hydroxyl groups is 1. The summed E-state index contributed by atoms with van der Waals surface area (Å²) in [6.07, 6.45) is -2.21. The first-order valence-corrected chi connectivity index (χ1v) is 8.63. The Morgan fingerprint density at radius 2 is 2.00 bits per heavy atom. The highest BCUT2D eigenvalue weighted by molar-refractivity contribution is 6.34. The number of hydrogen-bond acceptors (Lipinski definition) is 3. The van der Waals surface area contributed by atoms with Crippen LogP contribution in [0.15, 0.2) is 48.6 Å². The van der Waals surface area contributed by atoms with Crippen LogP contribution in [0.1, 0.15) is 11.1 Å². The van der Waals surface area contributed by atoms with E-state index in [-0.39, 0.29) is 41.3 Å². The van der Waals surface area contributed by atoms with Crippen LogP contribution in [0.2, 0.25) is 5.02 Å². The first-order valence-electron chi connectivity index (χ1n) is 8.25. The van der Waals surface area contributed by atoms with Crippen molar-refractivity contribution < 1.29 is 22.7 Å². The summed E-state index contributed by atoms with van der Waals surface area (Å²) in [5.41, 5.74) is 5.53. The fraction of sp³-hybridized carbons (Fsp3) is 0.211. The van der Waals surface area contributed by atoms with Gasteiger partial charge in [0.25, 0.3) is 0 Å². The number of benzene rings is 2. The van der Waals surface area contributed by atoms with Gasteiger partial charge in [-0.15, -0.1) is 0 Å². The van der Waals surface area contributed by atoms with Crippen LogP contribution in [0.5, 0.6) is 0 Å². The summed E-state index contributed by atoms with van der Waals surface area (Å²) in [4.78, 5) is 4.18. The Hall–Kier alpha value is -2.42. The van der Waals surface area contributed by atoms with Crippen LogP contribution in [-0.2, 0) is 19.3 Å². The zero-order valence-electron chi connectivity index (χ0n) is 14.5. The molecule has 3 N–H and O–H groups in total. The molecule has 0 unspecified atom stereocenters. The largest absolute Gasteiger partial charge is 0.416 e. The number of allylic oxidation sites excluding steroid dienone is 1. The number of imidazole rings is 1. The third-order valence-electron chi connectivity index (χ3n) is 4.25. The van der Waals surface area contributed by atoms with E-state index in [9.17, 15) is 22.7 Å². The topological polar surface area (TPSA) is 64.1 Å². The summed E-state index contributed by atoms with van der Waals surface area (Å²) in [7, 11) is 0. The molecule has 0 aliphatic carbocycles. The molecule has 28 heavy (non-hydrogen) atoms. The van der Waals surface area contributed by atoms with Crippen molar-refractivity contribution in [3.05, 3.63) is 64.7 Å². The molecular formula is C19H16ClF4N3O. The fourth-order valence-electron chi connectivity index (χ4n) is 2.92. The van der Waals surface area contributed by atoms with Crippen LogP contribution in [0.25, 0.3) is 22.2 Å². The summed E-state index contributed by atoms with van der Waals surface area (Å²) in [6, 6.07) is 6.57. The van der Waals surface area contributed by atoms with E-state index >= 15 is 0 Å². The Morgan fingerprint density at radius 3 is 2.64 bits per heavy atom. The van der Waals surface area contributed by atoms with Crippen molar-refractivity contribution in [2.75, 3.05) is 6.54 Å². The van der Waals surface area contributed by atoms with Crippen molar-refractivity contribution in [1.82, 2.24) is 9.55 Å². The van der Waals surface area contributed by atoms with E-state index in [1.807, 2.05) is 0 Å². The summed E-state index contributed by atoms with van der Waals surface area (Å²) < 4.78 is 55.6. The number of rotatable bonds is 5. The second-order valence-electron chi connectivity index (χ2n) is 6.09. The van der Waals surface area contributed by atoms with Crippen molar-refractivity contribution in [2.45, 2.75) is 19.3 Å². The van der Waals surface area contributed by atoms with Gasteiger partial charge in [-0.1, -0.05) is 29.8 Å². The smallest absolute Gasteiger partial charge is 0.392 e. The highest BCUT2D eigenvalue weighted by Crippen LogP contribution is 2.40. The molecule has 3 rings (SSSR count). The molecule has 0 bridgehead atoms. The molecule has 0 aliphatic rings. The van der Waals surface area contributed by atoms with Crippen LogP contribution in [0, 0.1) is 0 Å². The van der Waals surface area contributed by atoms with Gasteiger partial charge in [0.2, 0.25) is 0 Å². The molecule has 0 atom stereocenters. The zero-order chi connectivity index (χ0) is 20.5. The van der Waals surface area contributed by atoms with Crippen molar-refractivity contribution in [2.24, 2.45) is 5.73 Å². The SMILES string of the molecule is NCC=C(F)Cn1cnc2c(-c3cccc(CO)c3Cl)cc(C(F)(F)F)cc21. The Kier molecular flexibility index (Phi) is 5.74. The minimum Gasteiger partial charge on any atom is -0.392 e. The van der Waals surface area contributed by atoms with Gasteiger partial charge in [-0.25, -0.2) is 9.37 Å². The number of halogens is 5.